The van der Waals surface area contributed by atoms with E-state index in [0.717, 1.165) is 0 Å². The van der Waals surface area contributed by atoms with Gasteiger partial charge in [-0.1, -0.05) is 17.7 Å². The molecule has 1 aromatic carbocycles. The molecule has 0 saturated carbocycles. The molecule has 1 aliphatic rings. The molecule has 0 atom stereocenters. The Kier molecular flexibility index (Phi) is 5.49. The van der Waals surface area contributed by atoms with Gasteiger partial charge in [-0.25, -0.2) is 4.98 Å². The summed E-state index contributed by atoms with van der Waals surface area (Å²) in [6.07, 6.45) is 1.41. The Morgan fingerprint density at radius 2 is 1.82 bits per heavy atom. The molecule has 2 aromatic rings. The van der Waals surface area contributed by atoms with Crippen LogP contribution < -0.4 is 15.0 Å². The topological polar surface area (TPSA) is 71.5 Å². The van der Waals surface area contributed by atoms with E-state index in [4.69, 9.17) is 28.6 Å². The van der Waals surface area contributed by atoms with Gasteiger partial charge in [0.25, 0.3) is 11.8 Å². The molecule has 1 aliphatic heterocycles. The van der Waals surface area contributed by atoms with Crippen molar-refractivity contribution < 1.29 is 14.3 Å². The van der Waals surface area contributed by atoms with E-state index in [1.807, 2.05) is 20.8 Å². The maximum absolute atomic E-state index is 13.0. The molecule has 0 bridgehead atoms. The van der Waals surface area contributed by atoms with E-state index < -0.39 is 17.4 Å². The van der Waals surface area contributed by atoms with Gasteiger partial charge in [0.2, 0.25) is 5.88 Å². The fourth-order valence-electron chi connectivity index (χ4n) is 2.51. The Hall–Kier alpha value is -2.77. The number of carbonyl (C=O) groups is 2. The van der Waals surface area contributed by atoms with Gasteiger partial charge < -0.3 is 4.74 Å². The minimum absolute atomic E-state index is 0.00671. The zero-order valence-corrected chi connectivity index (χ0v) is 17.1. The number of aromatic nitrogens is 1. The Labute approximate surface area is 173 Å². The van der Waals surface area contributed by atoms with Gasteiger partial charge in [-0.05, 0) is 69.4 Å². The number of nitrogens with one attached hydrogen (secondary N) is 1. The highest BCUT2D eigenvalue weighted by molar-refractivity contribution is 7.80. The third-order valence-corrected chi connectivity index (χ3v) is 4.17. The van der Waals surface area contributed by atoms with Crippen molar-refractivity contribution in [3.63, 3.8) is 0 Å². The summed E-state index contributed by atoms with van der Waals surface area (Å²) in [6.45, 7) is 5.72. The largest absolute Gasteiger partial charge is 0.472 e. The maximum Gasteiger partial charge on any atom is 0.270 e. The maximum atomic E-state index is 13.0. The van der Waals surface area contributed by atoms with E-state index in [2.05, 4.69) is 10.3 Å². The third-order valence-electron chi connectivity index (χ3n) is 3.63. The molecule has 1 saturated heterocycles. The molecule has 8 heteroatoms. The predicted molar refractivity (Wildman–Crippen MR) is 112 cm³/mol. The monoisotopic (exact) mass is 415 g/mol. The van der Waals surface area contributed by atoms with Gasteiger partial charge in [-0.15, -0.1) is 0 Å². The first kappa shape index (κ1) is 20.0. The van der Waals surface area contributed by atoms with Crippen LogP contribution in [0.3, 0.4) is 0 Å². The van der Waals surface area contributed by atoms with Gasteiger partial charge in [-0.2, -0.15) is 0 Å². The number of nitrogens with zero attached hydrogens (tertiary/aromatic N) is 2. The Morgan fingerprint density at radius 1 is 1.14 bits per heavy atom. The van der Waals surface area contributed by atoms with Crippen LogP contribution in [0.15, 0.2) is 48.0 Å². The molecule has 3 rings (SSSR count). The lowest BCUT2D eigenvalue weighted by atomic mass is 10.1. The van der Waals surface area contributed by atoms with Crippen molar-refractivity contribution >= 4 is 52.5 Å². The van der Waals surface area contributed by atoms with E-state index in [9.17, 15) is 9.59 Å². The molecule has 28 heavy (non-hydrogen) atoms. The van der Waals surface area contributed by atoms with Crippen LogP contribution in [-0.2, 0) is 9.59 Å². The van der Waals surface area contributed by atoms with Crippen LogP contribution in [0.5, 0.6) is 5.88 Å². The van der Waals surface area contributed by atoms with Crippen LogP contribution in [-0.4, -0.2) is 27.5 Å². The molecule has 2 heterocycles. The van der Waals surface area contributed by atoms with Gasteiger partial charge in [0.15, 0.2) is 5.11 Å². The second kappa shape index (κ2) is 7.69. The van der Waals surface area contributed by atoms with Crippen molar-refractivity contribution in [2.24, 2.45) is 0 Å². The number of ether oxygens (including phenoxy) is 1. The highest BCUT2D eigenvalue weighted by Gasteiger charge is 2.34. The summed E-state index contributed by atoms with van der Waals surface area (Å²) in [6, 6.07) is 11.7. The number of hydrogen-bond donors (Lipinski definition) is 1. The van der Waals surface area contributed by atoms with Crippen LogP contribution in [0.4, 0.5) is 5.69 Å². The summed E-state index contributed by atoms with van der Waals surface area (Å²) < 4.78 is 5.73. The van der Waals surface area contributed by atoms with Crippen LogP contribution in [0.1, 0.15) is 26.5 Å². The number of carbonyl (C=O) groups excluding carboxylic acids is 2. The number of anilines is 1. The molecule has 0 aliphatic carbocycles. The van der Waals surface area contributed by atoms with Gasteiger partial charge in [0.1, 0.15) is 11.2 Å². The van der Waals surface area contributed by atoms with Crippen molar-refractivity contribution in [2.45, 2.75) is 26.4 Å². The van der Waals surface area contributed by atoms with Crippen LogP contribution >= 0.6 is 23.8 Å². The highest BCUT2D eigenvalue weighted by atomic mass is 35.5. The Bertz CT molecular complexity index is 981. The zero-order valence-electron chi connectivity index (χ0n) is 15.5. The number of halogens is 1. The first-order chi connectivity index (χ1) is 13.1. The summed E-state index contributed by atoms with van der Waals surface area (Å²) in [7, 11) is 0. The normalized spacial score (nSPS) is 16.4. The summed E-state index contributed by atoms with van der Waals surface area (Å²) in [5.74, 6) is -0.722. The lowest BCUT2D eigenvalue weighted by Gasteiger charge is -2.28. The van der Waals surface area contributed by atoms with Crippen molar-refractivity contribution in [2.75, 3.05) is 4.90 Å². The highest BCUT2D eigenvalue weighted by Crippen LogP contribution is 2.24. The van der Waals surface area contributed by atoms with Gasteiger partial charge in [0, 0.05) is 11.1 Å². The van der Waals surface area contributed by atoms with Crippen LogP contribution in [0, 0.1) is 0 Å². The molecule has 0 unspecified atom stereocenters. The van der Waals surface area contributed by atoms with Gasteiger partial charge in [0.05, 0.1) is 11.4 Å². The van der Waals surface area contributed by atoms with Gasteiger partial charge >= 0.3 is 0 Å². The van der Waals surface area contributed by atoms with E-state index in [-0.39, 0.29) is 10.7 Å². The number of hydrogen-bond acceptors (Lipinski definition) is 5. The van der Waals surface area contributed by atoms with E-state index in [0.29, 0.717) is 22.3 Å². The lowest BCUT2D eigenvalue weighted by molar-refractivity contribution is -0.122. The molecular formula is C20H18ClN3O3S. The smallest absolute Gasteiger partial charge is 0.270 e. The van der Waals surface area contributed by atoms with Crippen LogP contribution in [0.25, 0.3) is 6.08 Å². The summed E-state index contributed by atoms with van der Waals surface area (Å²) >= 11 is 11.1. The minimum atomic E-state index is -0.579. The van der Waals surface area contributed by atoms with Crippen LogP contribution in [0.2, 0.25) is 5.02 Å². The third kappa shape index (κ3) is 4.55. The van der Waals surface area contributed by atoms with Crippen molar-refractivity contribution in [3.05, 3.63) is 58.8 Å². The van der Waals surface area contributed by atoms with Gasteiger partial charge in [-0.3, -0.25) is 19.8 Å². The quantitative estimate of drug-likeness (QED) is 0.469. The summed E-state index contributed by atoms with van der Waals surface area (Å²) in [5.41, 5.74) is 0.421. The first-order valence-electron chi connectivity index (χ1n) is 8.47. The fourth-order valence-corrected chi connectivity index (χ4v) is 2.92. The predicted octanol–water partition coefficient (Wildman–Crippen LogP) is 3.74. The summed E-state index contributed by atoms with van der Waals surface area (Å²) in [4.78, 5) is 30.9. The molecule has 144 valence electrons. The lowest BCUT2D eigenvalue weighted by Crippen LogP contribution is -2.54. The minimum Gasteiger partial charge on any atom is -0.472 e. The summed E-state index contributed by atoms with van der Waals surface area (Å²) in [5, 5.41) is 3.07. The first-order valence-corrected chi connectivity index (χ1v) is 9.26. The molecule has 1 N–H and O–H groups in total. The molecule has 1 fully saturated rings. The number of thiocarbonyl (C=S) groups is 1. The fraction of sp³-hybridized carbons (Fsp3) is 0.200. The van der Waals surface area contributed by atoms with Crippen molar-refractivity contribution in [1.82, 2.24) is 10.3 Å². The number of pyridine rings is 1. The van der Waals surface area contributed by atoms with Crippen molar-refractivity contribution in [3.8, 4) is 5.88 Å². The Morgan fingerprint density at radius 3 is 2.46 bits per heavy atom. The SMILES string of the molecule is CC(C)(C)Oc1cccc(/C=C2/C(=O)NC(=S)N(c3ccc(Cl)cc3)C2=O)n1. The number of benzene rings is 1. The second-order valence-corrected chi connectivity index (χ2v) is 7.87. The number of rotatable bonds is 3. The molecule has 2 amide bonds. The van der Waals surface area contributed by atoms with E-state index >= 15 is 0 Å². The zero-order chi connectivity index (χ0) is 20.5. The molecular weight excluding hydrogens is 398 g/mol. The van der Waals surface area contributed by atoms with Crippen molar-refractivity contribution in [1.29, 1.82) is 0 Å². The molecule has 0 spiro atoms. The second-order valence-electron chi connectivity index (χ2n) is 7.05. The standard InChI is InChI=1S/C20H18ClN3O3S/c1-20(2,3)27-16-6-4-5-13(22-16)11-15-17(25)23-19(28)24(18(15)26)14-9-7-12(21)8-10-14/h4-11H,1-3H3,(H,23,25,28)/b15-11-. The number of amides is 2. The molecule has 6 nitrogen and oxygen atoms in total. The van der Waals surface area contributed by atoms with E-state index in [1.54, 1.807) is 42.5 Å². The molecule has 0 radical (unpaired) electrons. The van der Waals surface area contributed by atoms with E-state index in [1.165, 1.54) is 11.0 Å². The average molecular weight is 416 g/mol. The molecule has 1 aromatic heterocycles. The Balaban J connectivity index is 1.95. The average Bonchev–Trinajstić information content (AvgIpc) is 2.59.